The molecule has 0 aliphatic carbocycles. The zero-order chi connectivity index (χ0) is 19.8. The lowest BCUT2D eigenvalue weighted by atomic mass is 9.81. The Morgan fingerprint density at radius 3 is 2.59 bits per heavy atom. The number of aliphatic hydroxyl groups excluding tert-OH is 2. The third-order valence-electron chi connectivity index (χ3n) is 6.32. The Balaban J connectivity index is 1.21. The summed E-state index contributed by atoms with van der Waals surface area (Å²) in [6.07, 6.45) is 1.24. The van der Waals surface area contributed by atoms with Gasteiger partial charge in [-0.3, -0.25) is 0 Å². The zero-order valence-electron chi connectivity index (χ0n) is 16.4. The topological polar surface area (TPSA) is 71.4 Å². The predicted molar refractivity (Wildman–Crippen MR) is 107 cm³/mol. The van der Waals surface area contributed by atoms with E-state index in [0.717, 1.165) is 48.6 Å². The minimum Gasteiger partial charge on any atom is -0.487 e. The maximum Gasteiger partial charge on any atom is 0.161 e. The molecule has 3 aliphatic heterocycles. The number of piperidine rings is 1. The van der Waals surface area contributed by atoms with Crippen LogP contribution < -0.4 is 14.2 Å². The van der Waals surface area contributed by atoms with Gasteiger partial charge in [-0.15, -0.1) is 0 Å². The second-order valence-electron chi connectivity index (χ2n) is 8.26. The number of aliphatic hydroxyl groups is 2. The van der Waals surface area contributed by atoms with Gasteiger partial charge in [0.05, 0.1) is 12.2 Å². The Labute approximate surface area is 170 Å². The molecule has 0 aromatic heterocycles. The Bertz CT molecular complexity index is 877. The summed E-state index contributed by atoms with van der Waals surface area (Å²) in [5.41, 5.74) is 1.41. The van der Waals surface area contributed by atoms with Crippen molar-refractivity contribution >= 4 is 0 Å². The van der Waals surface area contributed by atoms with Crippen molar-refractivity contribution in [1.29, 1.82) is 0 Å². The zero-order valence-corrected chi connectivity index (χ0v) is 16.4. The molecule has 0 amide bonds. The molecule has 2 N–H and O–H groups in total. The Morgan fingerprint density at radius 1 is 1.00 bits per heavy atom. The lowest BCUT2D eigenvalue weighted by molar-refractivity contribution is -0.0587. The Kier molecular flexibility index (Phi) is 4.86. The number of benzene rings is 2. The van der Waals surface area contributed by atoms with Crippen LogP contribution in [0.2, 0.25) is 0 Å². The minimum absolute atomic E-state index is 0.313. The molecule has 0 unspecified atom stereocenters. The highest BCUT2D eigenvalue weighted by Crippen LogP contribution is 2.44. The van der Waals surface area contributed by atoms with E-state index < -0.39 is 12.2 Å². The molecule has 0 saturated carbocycles. The van der Waals surface area contributed by atoms with E-state index >= 15 is 0 Å². The van der Waals surface area contributed by atoms with Gasteiger partial charge in [0.1, 0.15) is 24.6 Å². The van der Waals surface area contributed by atoms with E-state index in [1.54, 1.807) is 0 Å². The van der Waals surface area contributed by atoms with Crippen molar-refractivity contribution in [3.05, 3.63) is 53.6 Å². The monoisotopic (exact) mass is 397 g/mol. The number of likely N-dealkylation sites (tertiary alicyclic amines) is 1. The van der Waals surface area contributed by atoms with Crippen molar-refractivity contribution in [3.63, 3.8) is 0 Å². The summed E-state index contributed by atoms with van der Waals surface area (Å²) in [6.45, 7) is 3.32. The molecule has 0 bridgehead atoms. The van der Waals surface area contributed by atoms with Gasteiger partial charge in [-0.25, -0.2) is 0 Å². The molecule has 0 radical (unpaired) electrons. The SMILES string of the molecule is O[C@@H]1CC2(CCN(C[C@H](O)c3ccc4c(c3)OCCO4)CC2)Oc2ccccc21. The molecular formula is C23H27NO5. The molecule has 1 fully saturated rings. The van der Waals surface area contributed by atoms with E-state index in [4.69, 9.17) is 14.2 Å². The van der Waals surface area contributed by atoms with E-state index in [1.165, 1.54) is 0 Å². The van der Waals surface area contributed by atoms with Crippen molar-refractivity contribution in [2.24, 2.45) is 0 Å². The van der Waals surface area contributed by atoms with E-state index in [9.17, 15) is 10.2 Å². The highest BCUT2D eigenvalue weighted by molar-refractivity contribution is 5.44. The van der Waals surface area contributed by atoms with E-state index in [-0.39, 0.29) is 5.60 Å². The van der Waals surface area contributed by atoms with Crippen LogP contribution in [0, 0.1) is 0 Å². The fourth-order valence-corrected chi connectivity index (χ4v) is 4.65. The molecule has 154 valence electrons. The number of para-hydroxylation sites is 1. The maximum atomic E-state index is 10.7. The molecule has 2 atom stereocenters. The van der Waals surface area contributed by atoms with Gasteiger partial charge in [-0.05, 0) is 36.6 Å². The Hall–Kier alpha value is -2.28. The van der Waals surface area contributed by atoms with Crippen molar-refractivity contribution < 1.29 is 24.4 Å². The van der Waals surface area contributed by atoms with Crippen LogP contribution in [-0.2, 0) is 0 Å². The first-order valence-corrected chi connectivity index (χ1v) is 10.4. The third-order valence-corrected chi connectivity index (χ3v) is 6.32. The minimum atomic E-state index is -0.585. The fourth-order valence-electron chi connectivity index (χ4n) is 4.65. The van der Waals surface area contributed by atoms with Crippen molar-refractivity contribution in [3.8, 4) is 17.2 Å². The van der Waals surface area contributed by atoms with Crippen LogP contribution in [0.4, 0.5) is 0 Å². The number of fused-ring (bicyclic) bond motifs is 2. The predicted octanol–water partition coefficient (Wildman–Crippen LogP) is 2.84. The number of hydrogen-bond donors (Lipinski definition) is 2. The largest absolute Gasteiger partial charge is 0.487 e. The number of β-amino-alcohol motifs (C(OH)–C–C–N with tert-alkyl or cyclic N) is 1. The lowest BCUT2D eigenvalue weighted by Crippen LogP contribution is -2.51. The molecule has 2 aromatic rings. The molecule has 29 heavy (non-hydrogen) atoms. The highest BCUT2D eigenvalue weighted by Gasteiger charge is 2.42. The molecule has 3 aliphatic rings. The molecule has 1 spiro atoms. The third kappa shape index (κ3) is 3.68. The lowest BCUT2D eigenvalue weighted by Gasteiger charge is -2.46. The molecule has 1 saturated heterocycles. The van der Waals surface area contributed by atoms with Crippen LogP contribution in [0.3, 0.4) is 0 Å². The molecule has 5 rings (SSSR count). The smallest absolute Gasteiger partial charge is 0.161 e. The van der Waals surface area contributed by atoms with Gasteiger partial charge in [-0.1, -0.05) is 24.3 Å². The first-order chi connectivity index (χ1) is 14.1. The first-order valence-electron chi connectivity index (χ1n) is 10.4. The number of nitrogens with zero attached hydrogens (tertiary/aromatic N) is 1. The quantitative estimate of drug-likeness (QED) is 0.830. The second-order valence-corrected chi connectivity index (χ2v) is 8.26. The average molecular weight is 397 g/mol. The van der Waals surface area contributed by atoms with Crippen LogP contribution in [-0.4, -0.2) is 53.6 Å². The second kappa shape index (κ2) is 7.52. The van der Waals surface area contributed by atoms with Crippen LogP contribution in [0.1, 0.15) is 42.6 Å². The van der Waals surface area contributed by atoms with Crippen molar-refractivity contribution in [2.45, 2.75) is 37.1 Å². The summed E-state index contributed by atoms with van der Waals surface area (Å²) in [4.78, 5) is 2.27. The van der Waals surface area contributed by atoms with Crippen LogP contribution in [0.25, 0.3) is 0 Å². The molecule has 6 nitrogen and oxygen atoms in total. The summed E-state index contributed by atoms with van der Waals surface area (Å²) in [5.74, 6) is 2.24. The Morgan fingerprint density at radius 2 is 1.76 bits per heavy atom. The molecular weight excluding hydrogens is 370 g/mol. The molecule has 2 aromatic carbocycles. The molecule has 3 heterocycles. The number of rotatable bonds is 3. The summed E-state index contributed by atoms with van der Waals surface area (Å²) >= 11 is 0. The van der Waals surface area contributed by atoms with Gasteiger partial charge in [0.25, 0.3) is 0 Å². The van der Waals surface area contributed by atoms with E-state index in [1.807, 2.05) is 42.5 Å². The maximum absolute atomic E-state index is 10.7. The summed E-state index contributed by atoms with van der Waals surface area (Å²) in [5, 5.41) is 21.3. The first kappa shape index (κ1) is 18.7. The van der Waals surface area contributed by atoms with Gasteiger partial charge in [0.2, 0.25) is 0 Å². The van der Waals surface area contributed by atoms with Gasteiger partial charge in [0, 0.05) is 31.6 Å². The summed E-state index contributed by atoms with van der Waals surface area (Å²) in [6, 6.07) is 13.4. The van der Waals surface area contributed by atoms with Gasteiger partial charge < -0.3 is 29.3 Å². The van der Waals surface area contributed by atoms with Crippen LogP contribution in [0.15, 0.2) is 42.5 Å². The number of hydrogen-bond acceptors (Lipinski definition) is 6. The van der Waals surface area contributed by atoms with E-state index in [2.05, 4.69) is 4.90 Å². The van der Waals surface area contributed by atoms with E-state index in [0.29, 0.717) is 31.9 Å². The molecule has 6 heteroatoms. The van der Waals surface area contributed by atoms with Crippen LogP contribution in [0.5, 0.6) is 17.2 Å². The van der Waals surface area contributed by atoms with Crippen molar-refractivity contribution in [1.82, 2.24) is 4.90 Å². The standard InChI is InChI=1S/C23H27NO5/c25-18-14-23(29-20-4-2-1-3-17(18)20)7-9-24(10-8-23)15-19(26)16-5-6-21-22(13-16)28-12-11-27-21/h1-6,13,18-19,25-26H,7-12,14-15H2/t18-,19+/m1/s1. The highest BCUT2D eigenvalue weighted by atomic mass is 16.6. The number of ether oxygens (including phenoxy) is 3. The van der Waals surface area contributed by atoms with Gasteiger partial charge in [-0.2, -0.15) is 0 Å². The van der Waals surface area contributed by atoms with Crippen LogP contribution >= 0.6 is 0 Å². The van der Waals surface area contributed by atoms with Crippen molar-refractivity contribution in [2.75, 3.05) is 32.8 Å². The average Bonchev–Trinajstić information content (AvgIpc) is 2.75. The van der Waals surface area contributed by atoms with Gasteiger partial charge >= 0.3 is 0 Å². The normalized spacial score (nSPS) is 23.9. The van der Waals surface area contributed by atoms with Gasteiger partial charge in [0.15, 0.2) is 11.5 Å². The summed E-state index contributed by atoms with van der Waals surface area (Å²) in [7, 11) is 0. The fraction of sp³-hybridized carbons (Fsp3) is 0.478. The summed E-state index contributed by atoms with van der Waals surface area (Å²) < 4.78 is 17.5.